The number of hydrogen-bond acceptors (Lipinski definition) is 3. The van der Waals surface area contributed by atoms with Crippen molar-refractivity contribution >= 4 is 0 Å². The van der Waals surface area contributed by atoms with Crippen molar-refractivity contribution in [3.8, 4) is 11.5 Å². The Balaban J connectivity index is 2.40. The Morgan fingerprint density at radius 1 is 1.24 bits per heavy atom. The van der Waals surface area contributed by atoms with Gasteiger partial charge in [0.1, 0.15) is 17.3 Å². The van der Waals surface area contributed by atoms with Gasteiger partial charge in [-0.2, -0.15) is 0 Å². The van der Waals surface area contributed by atoms with E-state index >= 15 is 0 Å². The van der Waals surface area contributed by atoms with E-state index in [1.165, 1.54) is 12.1 Å². The first kappa shape index (κ1) is 15.4. The van der Waals surface area contributed by atoms with E-state index in [-0.39, 0.29) is 11.9 Å². The van der Waals surface area contributed by atoms with Crippen molar-refractivity contribution in [2.24, 2.45) is 0 Å². The summed E-state index contributed by atoms with van der Waals surface area (Å²) < 4.78 is 19.5. The van der Waals surface area contributed by atoms with Crippen molar-refractivity contribution in [3.63, 3.8) is 0 Å². The Morgan fingerprint density at radius 2 is 1.95 bits per heavy atom. The van der Waals surface area contributed by atoms with Crippen LogP contribution in [-0.4, -0.2) is 12.0 Å². The molecule has 0 bridgehead atoms. The fourth-order valence-corrected chi connectivity index (χ4v) is 2.17. The SMILES string of the molecule is CCc1nc(C)ccc1Oc1ccc(F)cc1C(C)NC. The molecule has 1 atom stereocenters. The maximum Gasteiger partial charge on any atom is 0.148 e. The number of nitrogens with one attached hydrogen (secondary N) is 1. The monoisotopic (exact) mass is 288 g/mol. The van der Waals surface area contributed by atoms with E-state index in [0.717, 1.165) is 29.1 Å². The molecule has 1 heterocycles. The molecule has 0 aliphatic carbocycles. The van der Waals surface area contributed by atoms with Crippen molar-refractivity contribution in [2.75, 3.05) is 7.05 Å². The molecule has 0 aliphatic rings. The number of halogens is 1. The smallest absolute Gasteiger partial charge is 0.148 e. The van der Waals surface area contributed by atoms with E-state index in [0.29, 0.717) is 5.75 Å². The van der Waals surface area contributed by atoms with Crippen LogP contribution < -0.4 is 10.1 Å². The Hall–Kier alpha value is -1.94. The van der Waals surface area contributed by atoms with Crippen LogP contribution in [0.1, 0.15) is 36.8 Å². The summed E-state index contributed by atoms with van der Waals surface area (Å²) in [4.78, 5) is 4.49. The standard InChI is InChI=1S/C17H21FN2O/c1-5-15-17(8-6-11(2)20-15)21-16-9-7-13(18)10-14(16)12(3)19-4/h6-10,12,19H,5H2,1-4H3. The molecule has 0 saturated heterocycles. The van der Waals surface area contributed by atoms with Crippen molar-refractivity contribution in [3.05, 3.63) is 53.1 Å². The van der Waals surface area contributed by atoms with Gasteiger partial charge in [-0.1, -0.05) is 6.92 Å². The van der Waals surface area contributed by atoms with Crippen molar-refractivity contribution in [1.82, 2.24) is 10.3 Å². The average Bonchev–Trinajstić information content (AvgIpc) is 2.49. The zero-order chi connectivity index (χ0) is 15.4. The van der Waals surface area contributed by atoms with E-state index in [9.17, 15) is 4.39 Å². The van der Waals surface area contributed by atoms with Gasteiger partial charge in [0.15, 0.2) is 0 Å². The zero-order valence-electron chi connectivity index (χ0n) is 12.9. The highest BCUT2D eigenvalue weighted by molar-refractivity contribution is 5.41. The molecule has 0 radical (unpaired) electrons. The van der Waals surface area contributed by atoms with Gasteiger partial charge in [0.25, 0.3) is 0 Å². The van der Waals surface area contributed by atoms with Crippen LogP contribution in [0.4, 0.5) is 4.39 Å². The Labute approximate surface area is 125 Å². The molecule has 0 saturated carbocycles. The molecule has 1 aromatic carbocycles. The highest BCUT2D eigenvalue weighted by atomic mass is 19.1. The lowest BCUT2D eigenvalue weighted by atomic mass is 10.1. The number of ether oxygens (including phenoxy) is 1. The first-order chi connectivity index (χ1) is 10.0. The van der Waals surface area contributed by atoms with Crippen molar-refractivity contribution < 1.29 is 9.13 Å². The topological polar surface area (TPSA) is 34.1 Å². The van der Waals surface area contributed by atoms with Gasteiger partial charge < -0.3 is 10.1 Å². The molecule has 1 aromatic heterocycles. The first-order valence-electron chi connectivity index (χ1n) is 7.16. The second kappa shape index (κ2) is 6.68. The highest BCUT2D eigenvalue weighted by Gasteiger charge is 2.14. The summed E-state index contributed by atoms with van der Waals surface area (Å²) >= 11 is 0. The molecular weight excluding hydrogens is 267 g/mol. The molecule has 0 aliphatic heterocycles. The fourth-order valence-electron chi connectivity index (χ4n) is 2.17. The molecule has 1 unspecified atom stereocenters. The summed E-state index contributed by atoms with van der Waals surface area (Å²) in [7, 11) is 1.84. The lowest BCUT2D eigenvalue weighted by Crippen LogP contribution is -2.13. The molecule has 1 N–H and O–H groups in total. The van der Waals surface area contributed by atoms with Crippen molar-refractivity contribution in [1.29, 1.82) is 0 Å². The van der Waals surface area contributed by atoms with E-state index in [4.69, 9.17) is 4.74 Å². The Morgan fingerprint density at radius 3 is 2.62 bits per heavy atom. The summed E-state index contributed by atoms with van der Waals surface area (Å²) in [5.74, 6) is 1.11. The third kappa shape index (κ3) is 3.58. The second-order valence-corrected chi connectivity index (χ2v) is 5.05. The van der Waals surface area contributed by atoms with Crippen LogP contribution in [-0.2, 0) is 6.42 Å². The third-order valence-corrected chi connectivity index (χ3v) is 3.50. The largest absolute Gasteiger partial charge is 0.455 e. The maximum atomic E-state index is 13.5. The van der Waals surface area contributed by atoms with Gasteiger partial charge in [0.2, 0.25) is 0 Å². The van der Waals surface area contributed by atoms with Crippen LogP contribution in [0.5, 0.6) is 11.5 Å². The average molecular weight is 288 g/mol. The number of aromatic nitrogens is 1. The van der Waals surface area contributed by atoms with Gasteiger partial charge in [0.05, 0.1) is 5.69 Å². The lowest BCUT2D eigenvalue weighted by Gasteiger charge is -2.17. The van der Waals surface area contributed by atoms with E-state index in [2.05, 4.69) is 10.3 Å². The van der Waals surface area contributed by atoms with Crippen LogP contribution in [0.2, 0.25) is 0 Å². The second-order valence-electron chi connectivity index (χ2n) is 5.05. The number of rotatable bonds is 5. The lowest BCUT2D eigenvalue weighted by molar-refractivity contribution is 0.455. The predicted octanol–water partition coefficient (Wildman–Crippen LogP) is 4.16. The first-order valence-corrected chi connectivity index (χ1v) is 7.16. The molecular formula is C17H21FN2O. The van der Waals surface area contributed by atoms with E-state index in [1.807, 2.05) is 40.0 Å². The molecule has 2 aromatic rings. The summed E-state index contributed by atoms with van der Waals surface area (Å²) in [5, 5.41) is 3.11. The van der Waals surface area contributed by atoms with Crippen LogP contribution in [0.15, 0.2) is 30.3 Å². The summed E-state index contributed by atoms with van der Waals surface area (Å²) in [6.07, 6.45) is 0.787. The number of benzene rings is 1. The number of pyridine rings is 1. The third-order valence-electron chi connectivity index (χ3n) is 3.50. The minimum Gasteiger partial charge on any atom is -0.455 e. The Bertz CT molecular complexity index is 628. The van der Waals surface area contributed by atoms with Gasteiger partial charge in [-0.25, -0.2) is 4.39 Å². The highest BCUT2D eigenvalue weighted by Crippen LogP contribution is 2.31. The normalized spacial score (nSPS) is 12.2. The van der Waals surface area contributed by atoms with E-state index < -0.39 is 0 Å². The quantitative estimate of drug-likeness (QED) is 0.897. The summed E-state index contributed by atoms with van der Waals surface area (Å²) in [5.41, 5.74) is 2.66. The van der Waals surface area contributed by atoms with E-state index in [1.54, 1.807) is 6.07 Å². The molecule has 3 nitrogen and oxygen atoms in total. The van der Waals surface area contributed by atoms with Crippen LogP contribution in [0.25, 0.3) is 0 Å². The van der Waals surface area contributed by atoms with Crippen LogP contribution >= 0.6 is 0 Å². The van der Waals surface area contributed by atoms with Gasteiger partial charge in [-0.05, 0) is 57.6 Å². The molecule has 0 amide bonds. The number of nitrogens with zero attached hydrogens (tertiary/aromatic N) is 1. The minimum atomic E-state index is -0.266. The summed E-state index contributed by atoms with van der Waals surface area (Å²) in [6.45, 7) is 5.96. The minimum absolute atomic E-state index is 0.000755. The van der Waals surface area contributed by atoms with Crippen LogP contribution in [0, 0.1) is 12.7 Å². The molecule has 21 heavy (non-hydrogen) atoms. The summed E-state index contributed by atoms with van der Waals surface area (Å²) in [6, 6.07) is 8.41. The molecule has 112 valence electrons. The molecule has 2 rings (SSSR count). The fraction of sp³-hybridized carbons (Fsp3) is 0.353. The Kier molecular flexibility index (Phi) is 4.91. The molecule has 4 heteroatoms. The van der Waals surface area contributed by atoms with Gasteiger partial charge >= 0.3 is 0 Å². The zero-order valence-corrected chi connectivity index (χ0v) is 12.9. The van der Waals surface area contributed by atoms with Gasteiger partial charge in [0, 0.05) is 17.3 Å². The van der Waals surface area contributed by atoms with Crippen molar-refractivity contribution in [2.45, 2.75) is 33.2 Å². The molecule has 0 spiro atoms. The predicted molar refractivity (Wildman–Crippen MR) is 82.3 cm³/mol. The number of aryl methyl sites for hydroxylation is 2. The molecule has 0 fully saturated rings. The van der Waals surface area contributed by atoms with Gasteiger partial charge in [-0.15, -0.1) is 0 Å². The van der Waals surface area contributed by atoms with Crippen LogP contribution in [0.3, 0.4) is 0 Å². The maximum absolute atomic E-state index is 13.5. The van der Waals surface area contributed by atoms with Gasteiger partial charge in [-0.3, -0.25) is 4.98 Å². The number of hydrogen-bond donors (Lipinski definition) is 1.